The first-order valence-electron chi connectivity index (χ1n) is 6.91. The highest BCUT2D eigenvalue weighted by Crippen LogP contribution is 2.42. The number of amides is 1. The molecule has 2 rings (SSSR count). The number of nitrogens with zero attached hydrogens (tertiary/aromatic N) is 1. The van der Waals surface area contributed by atoms with E-state index in [1.165, 1.54) is 18.3 Å². The minimum atomic E-state index is -4.51. The first-order valence-corrected chi connectivity index (χ1v) is 6.91. The van der Waals surface area contributed by atoms with Gasteiger partial charge in [-0.1, -0.05) is 0 Å². The van der Waals surface area contributed by atoms with Crippen molar-refractivity contribution in [3.8, 4) is 5.88 Å². The lowest BCUT2D eigenvalue weighted by Crippen LogP contribution is -2.44. The van der Waals surface area contributed by atoms with Crippen LogP contribution in [0.25, 0.3) is 0 Å². The molecule has 0 unspecified atom stereocenters. The maximum absolute atomic E-state index is 12.7. The highest BCUT2D eigenvalue weighted by atomic mass is 19.4. The summed E-state index contributed by atoms with van der Waals surface area (Å²) >= 11 is 0. The molecule has 1 aliphatic carbocycles. The number of rotatable bonds is 5. The average molecular weight is 338 g/mol. The summed E-state index contributed by atoms with van der Waals surface area (Å²) in [6.07, 6.45) is -6.24. The molecule has 1 heterocycles. The lowest BCUT2D eigenvalue weighted by Gasteiger charge is -2.33. The average Bonchev–Trinajstić information content (AvgIpc) is 2.41. The van der Waals surface area contributed by atoms with Crippen LogP contribution in [0.15, 0.2) is 18.3 Å². The molecule has 0 aromatic carbocycles. The fraction of sp³-hybridized carbons (Fsp3) is 0.571. The number of carbonyl (C=O) groups excluding carboxylic acids is 1. The zero-order valence-electron chi connectivity index (χ0n) is 12.2. The van der Waals surface area contributed by atoms with Crippen molar-refractivity contribution >= 4 is 5.91 Å². The molecule has 0 radical (unpaired) electrons. The summed E-state index contributed by atoms with van der Waals surface area (Å²) < 4.78 is 67.3. The molecule has 1 amide bonds. The quantitative estimate of drug-likeness (QED) is 0.840. The molecule has 1 aromatic heterocycles. The number of alkyl halides is 5. The fourth-order valence-corrected chi connectivity index (χ4v) is 2.05. The van der Waals surface area contributed by atoms with Gasteiger partial charge in [-0.25, -0.2) is 13.8 Å². The van der Waals surface area contributed by atoms with E-state index < -0.39 is 42.9 Å². The van der Waals surface area contributed by atoms with E-state index in [2.05, 4.69) is 15.0 Å². The predicted octanol–water partition coefficient (Wildman–Crippen LogP) is 3.07. The molecule has 23 heavy (non-hydrogen) atoms. The zero-order valence-corrected chi connectivity index (χ0v) is 12.2. The van der Waals surface area contributed by atoms with E-state index in [-0.39, 0.29) is 12.4 Å². The summed E-state index contributed by atoms with van der Waals surface area (Å²) in [5.74, 6) is -4.24. The molecule has 4 nitrogen and oxygen atoms in total. The molecule has 9 heteroatoms. The van der Waals surface area contributed by atoms with E-state index in [0.717, 1.165) is 6.92 Å². The van der Waals surface area contributed by atoms with Gasteiger partial charge in [0.1, 0.15) is 0 Å². The van der Waals surface area contributed by atoms with Crippen molar-refractivity contribution in [1.29, 1.82) is 0 Å². The summed E-state index contributed by atoms with van der Waals surface area (Å²) in [6, 6.07) is 2.75. The maximum Gasteiger partial charge on any atom is 0.425 e. The maximum atomic E-state index is 12.7. The molecular formula is C14H15F5N2O2. The lowest BCUT2D eigenvalue weighted by molar-refractivity contribution is -0.190. The van der Waals surface area contributed by atoms with Crippen molar-refractivity contribution in [3.05, 3.63) is 23.9 Å². The van der Waals surface area contributed by atoms with Gasteiger partial charge in [0.15, 0.2) is 6.10 Å². The highest BCUT2D eigenvalue weighted by molar-refractivity contribution is 5.79. The molecule has 1 aliphatic rings. The van der Waals surface area contributed by atoms with Crippen LogP contribution < -0.4 is 10.1 Å². The molecule has 1 fully saturated rings. The molecule has 0 aliphatic heterocycles. The molecule has 1 saturated carbocycles. The Balaban J connectivity index is 1.87. The Morgan fingerprint density at radius 2 is 2.13 bits per heavy atom. The smallest absolute Gasteiger partial charge is 0.425 e. The summed E-state index contributed by atoms with van der Waals surface area (Å²) in [7, 11) is 0. The number of aromatic nitrogens is 1. The topological polar surface area (TPSA) is 51.2 Å². The standard InChI is InChI=1S/C14H15F5N2O2/c1-8(14(17,18)19)23-11-4-9(2-3-20-11)7-21-12(22)10-5-13(15,16)6-10/h2-4,8,10H,5-7H2,1H3,(H,21,22)/t8-/m1/s1. The van der Waals surface area contributed by atoms with Gasteiger partial charge < -0.3 is 10.1 Å². The number of halogens is 5. The number of carbonyl (C=O) groups is 1. The summed E-state index contributed by atoms with van der Waals surface area (Å²) in [4.78, 5) is 15.3. The molecule has 0 bridgehead atoms. The van der Waals surface area contributed by atoms with Crippen molar-refractivity contribution in [2.24, 2.45) is 5.92 Å². The first-order chi connectivity index (χ1) is 10.6. The Labute approximate surface area is 129 Å². The lowest BCUT2D eigenvalue weighted by atomic mass is 9.81. The predicted molar refractivity (Wildman–Crippen MR) is 69.9 cm³/mol. The van der Waals surface area contributed by atoms with Gasteiger partial charge in [-0.15, -0.1) is 0 Å². The Hall–Kier alpha value is -1.93. The van der Waals surface area contributed by atoms with Crippen LogP contribution in [-0.2, 0) is 11.3 Å². The molecule has 0 saturated heterocycles. The van der Waals surface area contributed by atoms with E-state index >= 15 is 0 Å². The Morgan fingerprint density at radius 1 is 1.48 bits per heavy atom. The van der Waals surface area contributed by atoms with E-state index in [9.17, 15) is 26.7 Å². The molecule has 1 atom stereocenters. The summed E-state index contributed by atoms with van der Waals surface area (Å²) in [5, 5.41) is 2.47. The van der Waals surface area contributed by atoms with E-state index in [4.69, 9.17) is 0 Å². The van der Waals surface area contributed by atoms with Crippen LogP contribution >= 0.6 is 0 Å². The highest BCUT2D eigenvalue weighted by Gasteiger charge is 2.48. The zero-order chi connectivity index (χ0) is 17.3. The largest absolute Gasteiger partial charge is 0.465 e. The number of nitrogens with one attached hydrogen (secondary N) is 1. The van der Waals surface area contributed by atoms with Crippen LogP contribution in [0, 0.1) is 5.92 Å². The van der Waals surface area contributed by atoms with Crippen LogP contribution in [0.5, 0.6) is 5.88 Å². The van der Waals surface area contributed by atoms with Crippen molar-refractivity contribution in [1.82, 2.24) is 10.3 Å². The molecular weight excluding hydrogens is 323 g/mol. The second-order valence-electron chi connectivity index (χ2n) is 5.48. The Kier molecular flexibility index (Phi) is 4.76. The third-order valence-electron chi connectivity index (χ3n) is 3.49. The molecule has 1 N–H and O–H groups in total. The van der Waals surface area contributed by atoms with Crippen molar-refractivity contribution < 1.29 is 31.5 Å². The SMILES string of the molecule is C[C@@H](Oc1cc(CNC(=O)C2CC(F)(F)C2)ccn1)C(F)(F)F. The fourth-order valence-electron chi connectivity index (χ4n) is 2.05. The second kappa shape index (κ2) is 6.29. The van der Waals surface area contributed by atoms with Crippen LogP contribution in [-0.4, -0.2) is 29.1 Å². The number of hydrogen-bond donors (Lipinski definition) is 1. The van der Waals surface area contributed by atoms with Gasteiger partial charge in [0.2, 0.25) is 17.7 Å². The molecule has 128 valence electrons. The van der Waals surface area contributed by atoms with Crippen LogP contribution in [0.1, 0.15) is 25.3 Å². The summed E-state index contributed by atoms with van der Waals surface area (Å²) in [5.41, 5.74) is 0.462. The van der Waals surface area contributed by atoms with Crippen LogP contribution in [0.4, 0.5) is 22.0 Å². The molecule has 1 aromatic rings. The van der Waals surface area contributed by atoms with Gasteiger partial charge in [-0.3, -0.25) is 4.79 Å². The van der Waals surface area contributed by atoms with Gasteiger partial charge in [0, 0.05) is 37.6 Å². The first kappa shape index (κ1) is 17.4. The third-order valence-corrected chi connectivity index (χ3v) is 3.49. The van der Waals surface area contributed by atoms with Crippen molar-refractivity contribution in [2.45, 2.75) is 44.5 Å². The van der Waals surface area contributed by atoms with E-state index in [1.807, 2.05) is 0 Å². The van der Waals surface area contributed by atoms with Gasteiger partial charge in [0.05, 0.1) is 0 Å². The van der Waals surface area contributed by atoms with Crippen LogP contribution in [0.3, 0.4) is 0 Å². The monoisotopic (exact) mass is 338 g/mol. The van der Waals surface area contributed by atoms with Gasteiger partial charge in [-0.05, 0) is 18.6 Å². The van der Waals surface area contributed by atoms with Crippen LogP contribution in [0.2, 0.25) is 0 Å². The normalized spacial score (nSPS) is 18.9. The van der Waals surface area contributed by atoms with Crippen molar-refractivity contribution in [2.75, 3.05) is 0 Å². The Morgan fingerprint density at radius 3 is 2.70 bits per heavy atom. The van der Waals surface area contributed by atoms with Gasteiger partial charge in [0.25, 0.3) is 0 Å². The minimum Gasteiger partial charge on any atom is -0.465 e. The third kappa shape index (κ3) is 4.77. The van der Waals surface area contributed by atoms with Crippen molar-refractivity contribution in [3.63, 3.8) is 0 Å². The van der Waals surface area contributed by atoms with Gasteiger partial charge >= 0.3 is 6.18 Å². The molecule has 0 spiro atoms. The number of ether oxygens (including phenoxy) is 1. The van der Waals surface area contributed by atoms with E-state index in [1.54, 1.807) is 0 Å². The number of pyridine rings is 1. The Bertz CT molecular complexity index is 569. The van der Waals surface area contributed by atoms with Gasteiger partial charge in [-0.2, -0.15) is 13.2 Å². The van der Waals surface area contributed by atoms with E-state index in [0.29, 0.717) is 5.56 Å². The summed E-state index contributed by atoms with van der Waals surface area (Å²) in [6.45, 7) is 0.854. The number of hydrogen-bond acceptors (Lipinski definition) is 3. The minimum absolute atomic E-state index is 0.000182. The second-order valence-corrected chi connectivity index (χ2v) is 5.48.